The number of nitrogens with zero attached hydrogens (tertiary/aromatic N) is 1. The maximum absolute atomic E-state index is 8.85. The van der Waals surface area contributed by atoms with Crippen LogP contribution in [0.25, 0.3) is 0 Å². The van der Waals surface area contributed by atoms with Gasteiger partial charge in [0.2, 0.25) is 0 Å². The van der Waals surface area contributed by atoms with E-state index in [-0.39, 0.29) is 5.54 Å². The number of benzene rings is 1. The summed E-state index contributed by atoms with van der Waals surface area (Å²) in [6.07, 6.45) is 3.28. The van der Waals surface area contributed by atoms with Crippen molar-refractivity contribution >= 4 is 5.69 Å². The summed E-state index contributed by atoms with van der Waals surface area (Å²) < 4.78 is 0. The molecule has 0 aliphatic heterocycles. The number of hydrogen-bond donors (Lipinski definition) is 1. The van der Waals surface area contributed by atoms with Crippen molar-refractivity contribution in [1.29, 1.82) is 5.26 Å². The highest BCUT2D eigenvalue weighted by molar-refractivity contribution is 5.50. The molecule has 0 unspecified atom stereocenters. The molecule has 86 valence electrons. The van der Waals surface area contributed by atoms with Crippen molar-refractivity contribution in [2.24, 2.45) is 0 Å². The van der Waals surface area contributed by atoms with Crippen LogP contribution in [0.4, 0.5) is 5.69 Å². The molecule has 0 aliphatic carbocycles. The fourth-order valence-corrected chi connectivity index (χ4v) is 1.99. The van der Waals surface area contributed by atoms with Crippen molar-refractivity contribution in [3.8, 4) is 6.07 Å². The minimum absolute atomic E-state index is 0.161. The summed E-state index contributed by atoms with van der Waals surface area (Å²) in [5, 5.41) is 12.4. The molecule has 0 bridgehead atoms. The third kappa shape index (κ3) is 2.76. The van der Waals surface area contributed by atoms with E-state index in [1.807, 2.05) is 24.3 Å². The van der Waals surface area contributed by atoms with Crippen molar-refractivity contribution in [2.75, 3.05) is 5.32 Å². The van der Waals surface area contributed by atoms with Gasteiger partial charge in [0.25, 0.3) is 0 Å². The molecular formula is C14H20N2. The van der Waals surface area contributed by atoms with Crippen LogP contribution in [-0.2, 0) is 0 Å². The Morgan fingerprint density at radius 2 is 1.81 bits per heavy atom. The molecule has 0 saturated carbocycles. The van der Waals surface area contributed by atoms with E-state index in [9.17, 15) is 0 Å². The molecule has 0 fully saturated rings. The van der Waals surface area contributed by atoms with Crippen molar-refractivity contribution in [1.82, 2.24) is 0 Å². The first kappa shape index (κ1) is 12.6. The summed E-state index contributed by atoms with van der Waals surface area (Å²) in [5.74, 6) is 0. The number of nitrogens with one attached hydrogen (secondary N) is 1. The maximum Gasteiger partial charge on any atom is 0.0992 e. The first-order chi connectivity index (χ1) is 7.69. The van der Waals surface area contributed by atoms with E-state index < -0.39 is 0 Å². The lowest BCUT2D eigenvalue weighted by Crippen LogP contribution is -2.36. The lowest BCUT2D eigenvalue weighted by molar-refractivity contribution is 0.420. The summed E-state index contributed by atoms with van der Waals surface area (Å²) in [5.41, 5.74) is 1.92. The van der Waals surface area contributed by atoms with Crippen molar-refractivity contribution in [3.05, 3.63) is 29.8 Å². The second-order valence-corrected chi connectivity index (χ2v) is 4.16. The molecule has 1 aromatic carbocycles. The molecule has 0 spiro atoms. The largest absolute Gasteiger partial charge is 0.380 e. The monoisotopic (exact) mass is 216 g/mol. The molecule has 0 amide bonds. The summed E-state index contributed by atoms with van der Waals surface area (Å²) in [4.78, 5) is 0. The predicted octanol–water partition coefficient (Wildman–Crippen LogP) is 3.94. The topological polar surface area (TPSA) is 35.8 Å². The standard InChI is InChI=1S/C14H20N2/c1-4-14(5-2,6-3)16-13-9-7-8-12(10-13)11-15/h7-10,16H,4-6H2,1-3H3. The number of nitriles is 1. The Bertz CT molecular complexity index is 364. The Hall–Kier alpha value is -1.49. The van der Waals surface area contributed by atoms with E-state index in [0.717, 1.165) is 24.9 Å². The summed E-state index contributed by atoms with van der Waals surface area (Å²) in [7, 11) is 0. The fraction of sp³-hybridized carbons (Fsp3) is 0.500. The van der Waals surface area contributed by atoms with Gasteiger partial charge in [0.15, 0.2) is 0 Å². The van der Waals surface area contributed by atoms with E-state index in [1.54, 1.807) is 0 Å². The molecule has 16 heavy (non-hydrogen) atoms. The molecule has 2 heteroatoms. The molecule has 0 saturated heterocycles. The zero-order valence-electron chi connectivity index (χ0n) is 10.4. The van der Waals surface area contributed by atoms with Crippen LogP contribution >= 0.6 is 0 Å². The van der Waals surface area contributed by atoms with Crippen molar-refractivity contribution in [2.45, 2.75) is 45.6 Å². The van der Waals surface area contributed by atoms with Gasteiger partial charge < -0.3 is 5.32 Å². The van der Waals surface area contributed by atoms with E-state index in [4.69, 9.17) is 5.26 Å². The molecule has 0 atom stereocenters. The third-order valence-electron chi connectivity index (χ3n) is 3.43. The van der Waals surface area contributed by atoms with Gasteiger partial charge >= 0.3 is 0 Å². The first-order valence-corrected chi connectivity index (χ1v) is 5.98. The highest BCUT2D eigenvalue weighted by Crippen LogP contribution is 2.25. The molecule has 1 rings (SSSR count). The van der Waals surface area contributed by atoms with Crippen LogP contribution in [0.3, 0.4) is 0 Å². The van der Waals surface area contributed by atoms with E-state index in [0.29, 0.717) is 5.56 Å². The van der Waals surface area contributed by atoms with Crippen LogP contribution in [0.5, 0.6) is 0 Å². The van der Waals surface area contributed by atoms with E-state index in [1.165, 1.54) is 0 Å². The van der Waals surface area contributed by atoms with Crippen LogP contribution in [-0.4, -0.2) is 5.54 Å². The van der Waals surface area contributed by atoms with Crippen LogP contribution in [0, 0.1) is 11.3 Å². The molecule has 0 aliphatic rings. The number of rotatable bonds is 5. The maximum atomic E-state index is 8.85. The number of hydrogen-bond acceptors (Lipinski definition) is 2. The molecule has 1 aromatic rings. The Labute approximate surface area is 98.3 Å². The lowest BCUT2D eigenvalue weighted by Gasteiger charge is -2.33. The van der Waals surface area contributed by atoms with E-state index >= 15 is 0 Å². The third-order valence-corrected chi connectivity index (χ3v) is 3.43. The average molecular weight is 216 g/mol. The fourth-order valence-electron chi connectivity index (χ4n) is 1.99. The SMILES string of the molecule is CCC(CC)(CC)Nc1cccc(C#N)c1. The van der Waals surface area contributed by atoms with Gasteiger partial charge in [-0.05, 0) is 37.5 Å². The normalized spacial score (nSPS) is 10.9. The molecule has 0 aromatic heterocycles. The van der Waals surface area contributed by atoms with Crippen LogP contribution in [0.1, 0.15) is 45.6 Å². The number of anilines is 1. The quantitative estimate of drug-likeness (QED) is 0.809. The molecule has 0 heterocycles. The smallest absolute Gasteiger partial charge is 0.0992 e. The van der Waals surface area contributed by atoms with Gasteiger partial charge in [-0.2, -0.15) is 5.26 Å². The van der Waals surface area contributed by atoms with Crippen LogP contribution in [0.2, 0.25) is 0 Å². The van der Waals surface area contributed by atoms with Gasteiger partial charge in [-0.25, -0.2) is 0 Å². The molecule has 0 radical (unpaired) electrons. The highest BCUT2D eigenvalue weighted by atomic mass is 15.0. The minimum atomic E-state index is 0.161. The Kier molecular flexibility index (Phi) is 4.37. The Balaban J connectivity index is 2.90. The predicted molar refractivity (Wildman–Crippen MR) is 68.4 cm³/mol. The second-order valence-electron chi connectivity index (χ2n) is 4.16. The van der Waals surface area contributed by atoms with Crippen molar-refractivity contribution in [3.63, 3.8) is 0 Å². The highest BCUT2D eigenvalue weighted by Gasteiger charge is 2.23. The van der Waals surface area contributed by atoms with E-state index in [2.05, 4.69) is 32.2 Å². The van der Waals surface area contributed by atoms with Crippen molar-refractivity contribution < 1.29 is 0 Å². The first-order valence-electron chi connectivity index (χ1n) is 5.98. The zero-order chi connectivity index (χ0) is 12.0. The summed E-state index contributed by atoms with van der Waals surface area (Å²) in [6, 6.07) is 9.86. The van der Waals surface area contributed by atoms with Gasteiger partial charge in [-0.1, -0.05) is 26.8 Å². The molecule has 1 N–H and O–H groups in total. The molecule has 2 nitrogen and oxygen atoms in total. The lowest BCUT2D eigenvalue weighted by atomic mass is 9.89. The second kappa shape index (κ2) is 5.55. The molecular weight excluding hydrogens is 196 g/mol. The Morgan fingerprint density at radius 1 is 1.19 bits per heavy atom. The van der Waals surface area contributed by atoms with Crippen LogP contribution < -0.4 is 5.32 Å². The summed E-state index contributed by atoms with van der Waals surface area (Å²) in [6.45, 7) is 6.61. The van der Waals surface area contributed by atoms with Gasteiger partial charge in [0, 0.05) is 11.2 Å². The van der Waals surface area contributed by atoms with Gasteiger partial charge in [0.05, 0.1) is 11.6 Å². The van der Waals surface area contributed by atoms with Gasteiger partial charge in [0.1, 0.15) is 0 Å². The summed E-state index contributed by atoms with van der Waals surface area (Å²) >= 11 is 0. The van der Waals surface area contributed by atoms with Gasteiger partial charge in [-0.3, -0.25) is 0 Å². The average Bonchev–Trinajstić information content (AvgIpc) is 2.36. The van der Waals surface area contributed by atoms with Gasteiger partial charge in [-0.15, -0.1) is 0 Å². The van der Waals surface area contributed by atoms with Crippen LogP contribution in [0.15, 0.2) is 24.3 Å². The zero-order valence-corrected chi connectivity index (χ0v) is 10.4. The Morgan fingerprint density at radius 3 is 2.31 bits per heavy atom. The minimum Gasteiger partial charge on any atom is -0.380 e.